The second-order valence-electron chi connectivity index (χ2n) is 4.93. The number of hydrogen-bond acceptors (Lipinski definition) is 3. The van der Waals surface area contributed by atoms with E-state index in [4.69, 9.17) is 10.5 Å². The molecule has 5 heteroatoms. The molecule has 0 aliphatic heterocycles. The second kappa shape index (κ2) is 6.02. The topological polar surface area (TPSA) is 64.3 Å². The summed E-state index contributed by atoms with van der Waals surface area (Å²) in [6, 6.07) is 4.27. The highest BCUT2D eigenvalue weighted by atomic mass is 19.1. The molecule has 0 saturated heterocycles. The summed E-state index contributed by atoms with van der Waals surface area (Å²) < 4.78 is 18.3. The Morgan fingerprint density at radius 2 is 2.05 bits per heavy atom. The van der Waals surface area contributed by atoms with Gasteiger partial charge < -0.3 is 15.8 Å². The van der Waals surface area contributed by atoms with Gasteiger partial charge >= 0.3 is 0 Å². The van der Waals surface area contributed by atoms with E-state index >= 15 is 0 Å². The SMILES string of the molecule is COc1ccc(F)cc1C(=O)NC1CCC(N)CC1. The third-order valence-corrected chi connectivity index (χ3v) is 3.51. The maximum atomic E-state index is 13.2. The van der Waals surface area contributed by atoms with Crippen LogP contribution in [-0.4, -0.2) is 25.1 Å². The van der Waals surface area contributed by atoms with Gasteiger partial charge in [0.1, 0.15) is 11.6 Å². The van der Waals surface area contributed by atoms with Crippen LogP contribution in [-0.2, 0) is 0 Å². The number of ether oxygens (including phenoxy) is 1. The number of methoxy groups -OCH3 is 1. The van der Waals surface area contributed by atoms with Crippen LogP contribution in [0.25, 0.3) is 0 Å². The van der Waals surface area contributed by atoms with Crippen LogP contribution in [0.5, 0.6) is 5.75 Å². The summed E-state index contributed by atoms with van der Waals surface area (Å²) in [5.74, 6) is -0.361. The molecule has 4 nitrogen and oxygen atoms in total. The van der Waals surface area contributed by atoms with Crippen molar-refractivity contribution in [3.63, 3.8) is 0 Å². The average Bonchev–Trinajstić information content (AvgIpc) is 2.41. The van der Waals surface area contributed by atoms with E-state index in [2.05, 4.69) is 5.32 Å². The number of nitrogens with one attached hydrogen (secondary N) is 1. The van der Waals surface area contributed by atoms with Crippen LogP contribution >= 0.6 is 0 Å². The summed E-state index contributed by atoms with van der Waals surface area (Å²) in [6.07, 6.45) is 3.55. The molecule has 0 bridgehead atoms. The third kappa shape index (κ3) is 3.44. The van der Waals surface area contributed by atoms with Gasteiger partial charge in [-0.2, -0.15) is 0 Å². The number of carbonyl (C=O) groups is 1. The summed E-state index contributed by atoms with van der Waals surface area (Å²) in [6.45, 7) is 0. The number of carbonyl (C=O) groups excluding carboxylic acids is 1. The molecule has 1 aromatic rings. The fraction of sp³-hybridized carbons (Fsp3) is 0.500. The Balaban J connectivity index is 2.05. The molecule has 0 spiro atoms. The normalized spacial score (nSPS) is 22.9. The van der Waals surface area contributed by atoms with Gasteiger partial charge in [0.2, 0.25) is 0 Å². The molecular formula is C14H19FN2O2. The Kier molecular flexibility index (Phi) is 4.37. The van der Waals surface area contributed by atoms with Gasteiger partial charge in [-0.25, -0.2) is 4.39 Å². The Morgan fingerprint density at radius 3 is 2.68 bits per heavy atom. The van der Waals surface area contributed by atoms with Gasteiger partial charge in [0.25, 0.3) is 5.91 Å². The molecule has 2 rings (SSSR count). The lowest BCUT2D eigenvalue weighted by atomic mass is 9.91. The van der Waals surface area contributed by atoms with Crippen molar-refractivity contribution in [2.24, 2.45) is 5.73 Å². The zero-order valence-corrected chi connectivity index (χ0v) is 11.0. The predicted molar refractivity (Wildman–Crippen MR) is 70.6 cm³/mol. The van der Waals surface area contributed by atoms with Crippen LogP contribution in [0.1, 0.15) is 36.0 Å². The number of rotatable bonds is 3. The second-order valence-corrected chi connectivity index (χ2v) is 4.93. The molecule has 0 heterocycles. The Morgan fingerprint density at radius 1 is 1.37 bits per heavy atom. The van der Waals surface area contributed by atoms with Crippen LogP contribution < -0.4 is 15.8 Å². The third-order valence-electron chi connectivity index (χ3n) is 3.51. The van der Waals surface area contributed by atoms with Gasteiger partial charge in [-0.05, 0) is 43.9 Å². The van der Waals surface area contributed by atoms with Gasteiger partial charge in [-0.15, -0.1) is 0 Å². The molecule has 1 aromatic carbocycles. The Labute approximate surface area is 112 Å². The lowest BCUT2D eigenvalue weighted by Gasteiger charge is -2.27. The van der Waals surface area contributed by atoms with Crippen LogP contribution in [0.4, 0.5) is 4.39 Å². The summed E-state index contributed by atoms with van der Waals surface area (Å²) in [5.41, 5.74) is 6.06. The summed E-state index contributed by atoms with van der Waals surface area (Å²) in [7, 11) is 1.46. The van der Waals surface area contributed by atoms with Crippen molar-refractivity contribution in [2.75, 3.05) is 7.11 Å². The van der Waals surface area contributed by atoms with E-state index in [1.54, 1.807) is 0 Å². The minimum absolute atomic E-state index is 0.111. The molecule has 0 atom stereocenters. The number of hydrogen-bond donors (Lipinski definition) is 2. The van der Waals surface area contributed by atoms with E-state index in [-0.39, 0.29) is 23.6 Å². The number of amides is 1. The number of benzene rings is 1. The van der Waals surface area contributed by atoms with Crippen molar-refractivity contribution < 1.29 is 13.9 Å². The highest BCUT2D eigenvalue weighted by Gasteiger charge is 2.22. The van der Waals surface area contributed by atoms with E-state index in [1.807, 2.05) is 0 Å². The quantitative estimate of drug-likeness (QED) is 0.877. The molecule has 1 aliphatic carbocycles. The first-order chi connectivity index (χ1) is 9.10. The maximum absolute atomic E-state index is 13.2. The largest absolute Gasteiger partial charge is 0.496 e. The van der Waals surface area contributed by atoms with Gasteiger partial charge in [0.15, 0.2) is 0 Å². The molecule has 0 radical (unpaired) electrons. The van der Waals surface area contributed by atoms with E-state index in [0.29, 0.717) is 5.75 Å². The van der Waals surface area contributed by atoms with Crippen LogP contribution in [0.15, 0.2) is 18.2 Å². The fourth-order valence-electron chi connectivity index (χ4n) is 2.38. The van der Waals surface area contributed by atoms with Gasteiger partial charge in [0.05, 0.1) is 12.7 Å². The van der Waals surface area contributed by atoms with Crippen LogP contribution in [0.3, 0.4) is 0 Å². The summed E-state index contributed by atoms with van der Waals surface area (Å²) in [4.78, 5) is 12.1. The van der Waals surface area contributed by atoms with Crippen molar-refractivity contribution in [1.29, 1.82) is 0 Å². The van der Waals surface area contributed by atoms with E-state index in [1.165, 1.54) is 25.3 Å². The molecule has 0 unspecified atom stereocenters. The summed E-state index contributed by atoms with van der Waals surface area (Å²) >= 11 is 0. The first-order valence-electron chi connectivity index (χ1n) is 6.50. The van der Waals surface area contributed by atoms with Crippen molar-refractivity contribution in [1.82, 2.24) is 5.32 Å². The van der Waals surface area contributed by atoms with Crippen molar-refractivity contribution in [2.45, 2.75) is 37.8 Å². The summed E-state index contributed by atoms with van der Waals surface area (Å²) in [5, 5.41) is 2.92. The van der Waals surface area contributed by atoms with Crippen LogP contribution in [0, 0.1) is 5.82 Å². The highest BCUT2D eigenvalue weighted by molar-refractivity contribution is 5.97. The van der Waals surface area contributed by atoms with Gasteiger partial charge in [-0.3, -0.25) is 4.79 Å². The predicted octanol–water partition coefficient (Wildman–Crippen LogP) is 1.83. The minimum Gasteiger partial charge on any atom is -0.496 e. The van der Waals surface area contributed by atoms with Crippen molar-refractivity contribution >= 4 is 5.91 Å². The lowest BCUT2D eigenvalue weighted by molar-refractivity contribution is 0.0922. The first-order valence-corrected chi connectivity index (χ1v) is 6.50. The molecule has 1 saturated carbocycles. The average molecular weight is 266 g/mol. The van der Waals surface area contributed by atoms with Crippen LogP contribution in [0.2, 0.25) is 0 Å². The Bertz CT molecular complexity index is 457. The standard InChI is InChI=1S/C14H19FN2O2/c1-19-13-7-2-9(15)8-12(13)14(18)17-11-5-3-10(16)4-6-11/h2,7-8,10-11H,3-6,16H2,1H3,(H,17,18). The van der Waals surface area contributed by atoms with E-state index in [9.17, 15) is 9.18 Å². The molecule has 0 aromatic heterocycles. The molecule has 1 aliphatic rings. The number of halogens is 1. The highest BCUT2D eigenvalue weighted by Crippen LogP contribution is 2.21. The van der Waals surface area contributed by atoms with E-state index in [0.717, 1.165) is 25.7 Å². The molecule has 1 amide bonds. The zero-order chi connectivity index (χ0) is 13.8. The smallest absolute Gasteiger partial charge is 0.255 e. The molecule has 19 heavy (non-hydrogen) atoms. The van der Waals surface area contributed by atoms with Gasteiger partial charge in [-0.1, -0.05) is 0 Å². The molecule has 104 valence electrons. The van der Waals surface area contributed by atoms with Crippen molar-refractivity contribution in [3.8, 4) is 5.75 Å². The van der Waals surface area contributed by atoms with E-state index < -0.39 is 5.82 Å². The first kappa shape index (κ1) is 13.8. The van der Waals surface area contributed by atoms with Gasteiger partial charge in [0, 0.05) is 12.1 Å². The monoisotopic (exact) mass is 266 g/mol. The zero-order valence-electron chi connectivity index (χ0n) is 11.0. The maximum Gasteiger partial charge on any atom is 0.255 e. The van der Waals surface area contributed by atoms with Crippen molar-refractivity contribution in [3.05, 3.63) is 29.6 Å². The number of nitrogens with two attached hydrogens (primary N) is 1. The molecule has 1 fully saturated rings. The lowest BCUT2D eigenvalue weighted by Crippen LogP contribution is -2.40. The minimum atomic E-state index is -0.448. The fourth-order valence-corrected chi connectivity index (χ4v) is 2.38. The molecule has 3 N–H and O–H groups in total. The Hall–Kier alpha value is -1.62. The molecular weight excluding hydrogens is 247 g/mol.